The SMILES string of the molecule is COc1ccc(C2(C(=O)N3CCN4C(=O)CN(C)C(=O)[C@H]4C3)CC2)cc1. The van der Waals surface area contributed by atoms with E-state index in [4.69, 9.17) is 4.74 Å². The molecule has 1 aromatic carbocycles. The number of benzene rings is 1. The predicted octanol–water partition coefficient (Wildman–Crippen LogP) is 0.238. The zero-order chi connectivity index (χ0) is 18.5. The third kappa shape index (κ3) is 2.53. The van der Waals surface area contributed by atoms with Crippen LogP contribution in [0.2, 0.25) is 0 Å². The highest BCUT2D eigenvalue weighted by Gasteiger charge is 2.54. The summed E-state index contributed by atoms with van der Waals surface area (Å²) in [5, 5.41) is 0. The number of hydrogen-bond acceptors (Lipinski definition) is 4. The lowest BCUT2D eigenvalue weighted by Gasteiger charge is -2.45. The highest BCUT2D eigenvalue weighted by Crippen LogP contribution is 2.50. The second-order valence-corrected chi connectivity index (χ2v) is 7.36. The largest absolute Gasteiger partial charge is 0.497 e. The van der Waals surface area contributed by atoms with E-state index in [1.165, 1.54) is 4.90 Å². The molecule has 26 heavy (non-hydrogen) atoms. The number of methoxy groups -OCH3 is 1. The molecule has 0 aromatic heterocycles. The molecule has 3 fully saturated rings. The molecule has 1 saturated carbocycles. The molecule has 2 heterocycles. The number of fused-ring (bicyclic) bond motifs is 1. The van der Waals surface area contributed by atoms with E-state index in [0.29, 0.717) is 13.1 Å². The number of ether oxygens (including phenoxy) is 1. The average molecular weight is 357 g/mol. The summed E-state index contributed by atoms with van der Waals surface area (Å²) in [5.74, 6) is 0.702. The van der Waals surface area contributed by atoms with Gasteiger partial charge in [-0.05, 0) is 30.5 Å². The minimum atomic E-state index is -0.550. The molecule has 0 radical (unpaired) electrons. The van der Waals surface area contributed by atoms with E-state index < -0.39 is 11.5 Å². The Kier molecular flexibility index (Phi) is 3.89. The van der Waals surface area contributed by atoms with Gasteiger partial charge in [0.15, 0.2) is 0 Å². The molecule has 0 spiro atoms. The summed E-state index contributed by atoms with van der Waals surface area (Å²) in [5.41, 5.74) is 0.510. The smallest absolute Gasteiger partial charge is 0.247 e. The first kappa shape index (κ1) is 16.9. The maximum Gasteiger partial charge on any atom is 0.247 e. The molecule has 1 aliphatic carbocycles. The Bertz CT molecular complexity index is 757. The van der Waals surface area contributed by atoms with Crippen LogP contribution in [0.3, 0.4) is 0 Å². The molecule has 4 rings (SSSR count). The van der Waals surface area contributed by atoms with Crippen molar-refractivity contribution in [3.8, 4) is 5.75 Å². The maximum atomic E-state index is 13.2. The van der Waals surface area contributed by atoms with Crippen LogP contribution in [0.1, 0.15) is 18.4 Å². The Balaban J connectivity index is 1.53. The van der Waals surface area contributed by atoms with Crippen molar-refractivity contribution < 1.29 is 19.1 Å². The summed E-state index contributed by atoms with van der Waals surface area (Å²) in [7, 11) is 3.25. The van der Waals surface area contributed by atoms with Crippen LogP contribution in [-0.2, 0) is 19.8 Å². The Morgan fingerprint density at radius 2 is 1.85 bits per heavy atom. The summed E-state index contributed by atoms with van der Waals surface area (Å²) in [6.07, 6.45) is 1.63. The topological polar surface area (TPSA) is 70.2 Å². The number of carbonyl (C=O) groups excluding carboxylic acids is 3. The zero-order valence-electron chi connectivity index (χ0n) is 15.1. The van der Waals surface area contributed by atoms with Crippen molar-refractivity contribution in [2.45, 2.75) is 24.3 Å². The minimum Gasteiger partial charge on any atom is -0.497 e. The van der Waals surface area contributed by atoms with Gasteiger partial charge in [-0.3, -0.25) is 14.4 Å². The third-order valence-electron chi connectivity index (χ3n) is 5.82. The number of piperazine rings is 2. The highest BCUT2D eigenvalue weighted by molar-refractivity contribution is 5.97. The lowest BCUT2D eigenvalue weighted by atomic mass is 9.93. The lowest BCUT2D eigenvalue weighted by Crippen LogP contribution is -2.67. The Hall–Kier alpha value is -2.57. The van der Waals surface area contributed by atoms with Gasteiger partial charge in [-0.1, -0.05) is 12.1 Å². The van der Waals surface area contributed by atoms with Crippen molar-refractivity contribution in [2.75, 3.05) is 40.3 Å². The maximum absolute atomic E-state index is 13.2. The number of nitrogens with zero attached hydrogens (tertiary/aromatic N) is 3. The number of hydrogen-bond donors (Lipinski definition) is 0. The van der Waals surface area contributed by atoms with Crippen LogP contribution in [-0.4, -0.2) is 78.8 Å². The fourth-order valence-electron chi connectivity index (χ4n) is 4.07. The summed E-state index contributed by atoms with van der Waals surface area (Å²) >= 11 is 0. The molecule has 3 aliphatic rings. The van der Waals surface area contributed by atoms with E-state index in [-0.39, 0.29) is 30.8 Å². The first-order chi connectivity index (χ1) is 12.5. The van der Waals surface area contributed by atoms with Crippen molar-refractivity contribution in [1.29, 1.82) is 0 Å². The fourth-order valence-corrected chi connectivity index (χ4v) is 4.07. The van der Waals surface area contributed by atoms with Gasteiger partial charge in [-0.2, -0.15) is 0 Å². The van der Waals surface area contributed by atoms with Crippen molar-refractivity contribution in [1.82, 2.24) is 14.7 Å². The van der Waals surface area contributed by atoms with Crippen LogP contribution in [0.5, 0.6) is 5.75 Å². The molecular formula is C19H23N3O4. The van der Waals surface area contributed by atoms with Gasteiger partial charge in [0.05, 0.1) is 25.6 Å². The van der Waals surface area contributed by atoms with E-state index in [0.717, 1.165) is 24.2 Å². The molecule has 1 aromatic rings. The summed E-state index contributed by atoms with van der Waals surface area (Å²) < 4.78 is 5.20. The van der Waals surface area contributed by atoms with Gasteiger partial charge in [-0.15, -0.1) is 0 Å². The molecule has 1 atom stereocenters. The standard InChI is InChI=1S/C19H23N3O4/c1-20-12-16(23)22-10-9-21(11-15(22)17(20)24)18(25)19(7-8-19)13-3-5-14(26-2)6-4-13/h3-6,15H,7-12H2,1-2H3/t15-/m1/s1. The second kappa shape index (κ2) is 6.00. The summed E-state index contributed by atoms with van der Waals surface area (Å²) in [6.45, 7) is 1.31. The van der Waals surface area contributed by atoms with Gasteiger partial charge in [-0.25, -0.2) is 0 Å². The van der Waals surface area contributed by atoms with Gasteiger partial charge in [0.25, 0.3) is 0 Å². The number of rotatable bonds is 3. The fraction of sp³-hybridized carbons (Fsp3) is 0.526. The van der Waals surface area contributed by atoms with Gasteiger partial charge >= 0.3 is 0 Å². The van der Waals surface area contributed by atoms with E-state index in [2.05, 4.69) is 0 Å². The number of likely N-dealkylation sites (N-methyl/N-ethyl adjacent to an activating group) is 1. The van der Waals surface area contributed by atoms with Crippen LogP contribution < -0.4 is 4.74 Å². The predicted molar refractivity (Wildman–Crippen MR) is 93.6 cm³/mol. The normalized spacial score (nSPS) is 24.4. The van der Waals surface area contributed by atoms with E-state index in [1.54, 1.807) is 24.0 Å². The summed E-state index contributed by atoms with van der Waals surface area (Å²) in [6, 6.07) is 7.09. The van der Waals surface area contributed by atoms with Crippen LogP contribution >= 0.6 is 0 Å². The van der Waals surface area contributed by atoms with Crippen LogP contribution in [0.25, 0.3) is 0 Å². The summed E-state index contributed by atoms with van der Waals surface area (Å²) in [4.78, 5) is 42.7. The van der Waals surface area contributed by atoms with E-state index >= 15 is 0 Å². The number of amides is 3. The van der Waals surface area contributed by atoms with Crippen LogP contribution in [0, 0.1) is 0 Å². The Morgan fingerprint density at radius 1 is 1.15 bits per heavy atom. The van der Waals surface area contributed by atoms with Crippen LogP contribution in [0.4, 0.5) is 0 Å². The third-order valence-corrected chi connectivity index (χ3v) is 5.82. The molecule has 3 amide bonds. The van der Waals surface area contributed by atoms with Gasteiger partial charge in [0, 0.05) is 20.1 Å². The molecule has 0 N–H and O–H groups in total. The first-order valence-corrected chi connectivity index (χ1v) is 8.94. The Labute approximate surface area is 152 Å². The Morgan fingerprint density at radius 3 is 2.46 bits per heavy atom. The van der Waals surface area contributed by atoms with Crippen molar-refractivity contribution in [2.24, 2.45) is 0 Å². The molecular weight excluding hydrogens is 334 g/mol. The average Bonchev–Trinajstić information content (AvgIpc) is 3.47. The molecule has 138 valence electrons. The molecule has 2 aliphatic heterocycles. The lowest BCUT2D eigenvalue weighted by molar-refractivity contribution is -0.160. The van der Waals surface area contributed by atoms with Crippen molar-refractivity contribution >= 4 is 17.7 Å². The van der Waals surface area contributed by atoms with E-state index in [9.17, 15) is 14.4 Å². The number of carbonyl (C=O) groups is 3. The van der Waals surface area contributed by atoms with Crippen molar-refractivity contribution in [3.63, 3.8) is 0 Å². The second-order valence-electron chi connectivity index (χ2n) is 7.36. The first-order valence-electron chi connectivity index (χ1n) is 8.94. The molecule has 0 unspecified atom stereocenters. The van der Waals surface area contributed by atoms with E-state index in [1.807, 2.05) is 24.3 Å². The molecule has 0 bridgehead atoms. The quantitative estimate of drug-likeness (QED) is 0.777. The molecule has 7 nitrogen and oxygen atoms in total. The highest BCUT2D eigenvalue weighted by atomic mass is 16.5. The monoisotopic (exact) mass is 357 g/mol. The van der Waals surface area contributed by atoms with Crippen LogP contribution in [0.15, 0.2) is 24.3 Å². The van der Waals surface area contributed by atoms with Gasteiger partial charge < -0.3 is 19.4 Å². The van der Waals surface area contributed by atoms with Gasteiger partial charge in [0.1, 0.15) is 11.8 Å². The van der Waals surface area contributed by atoms with Crippen molar-refractivity contribution in [3.05, 3.63) is 29.8 Å². The minimum absolute atomic E-state index is 0.0412. The molecule has 7 heteroatoms. The molecule has 2 saturated heterocycles. The van der Waals surface area contributed by atoms with Gasteiger partial charge in [0.2, 0.25) is 17.7 Å². The zero-order valence-corrected chi connectivity index (χ0v) is 15.1.